The lowest BCUT2D eigenvalue weighted by atomic mass is 9.97. The second-order valence-electron chi connectivity index (χ2n) is 6.53. The van der Waals surface area contributed by atoms with Gasteiger partial charge in [-0.1, -0.05) is 0 Å². The molecule has 116 valence electrons. The van der Waals surface area contributed by atoms with Crippen LogP contribution in [-0.2, 0) is 9.47 Å². The quantitative estimate of drug-likeness (QED) is 0.839. The highest BCUT2D eigenvalue weighted by molar-refractivity contribution is 5.68. The molecule has 7 heteroatoms. The molecule has 0 aromatic rings. The minimum atomic E-state index is -2.80. The van der Waals surface area contributed by atoms with Crippen LogP contribution in [0.4, 0.5) is 13.6 Å². The summed E-state index contributed by atoms with van der Waals surface area (Å²) < 4.78 is 37.8. The van der Waals surface area contributed by atoms with Crippen LogP contribution in [0.2, 0.25) is 0 Å². The van der Waals surface area contributed by atoms with Gasteiger partial charge in [0.05, 0.1) is 24.7 Å². The Morgan fingerprint density at radius 1 is 1.50 bits per heavy atom. The molecule has 2 atom stereocenters. The summed E-state index contributed by atoms with van der Waals surface area (Å²) in [6.45, 7) is 5.81. The molecule has 20 heavy (non-hydrogen) atoms. The zero-order valence-electron chi connectivity index (χ0n) is 12.1. The van der Waals surface area contributed by atoms with Crippen molar-refractivity contribution in [1.29, 1.82) is 0 Å². The van der Waals surface area contributed by atoms with Gasteiger partial charge >= 0.3 is 6.09 Å². The third kappa shape index (κ3) is 2.74. The first-order valence-electron chi connectivity index (χ1n) is 6.79. The maximum Gasteiger partial charge on any atom is 0.410 e. The molecular weight excluding hydrogens is 270 g/mol. The zero-order valence-corrected chi connectivity index (χ0v) is 12.1. The molecule has 1 amide bonds. The Hall–Kier alpha value is -0.950. The van der Waals surface area contributed by atoms with Crippen molar-refractivity contribution in [3.8, 4) is 0 Å². The van der Waals surface area contributed by atoms with Crippen LogP contribution < -0.4 is 5.73 Å². The van der Waals surface area contributed by atoms with Gasteiger partial charge in [0, 0.05) is 19.5 Å². The summed E-state index contributed by atoms with van der Waals surface area (Å²) in [6.07, 6.45) is -1.51. The molecule has 0 aromatic carbocycles. The van der Waals surface area contributed by atoms with Crippen molar-refractivity contribution in [3.05, 3.63) is 0 Å². The van der Waals surface area contributed by atoms with Crippen LogP contribution in [0, 0.1) is 5.41 Å². The molecule has 0 aromatic heterocycles. The summed E-state index contributed by atoms with van der Waals surface area (Å²) in [5.41, 5.74) is 3.57. The van der Waals surface area contributed by atoms with Crippen molar-refractivity contribution < 1.29 is 23.0 Å². The standard InChI is InChI=1S/C13H22F2N2O3/c1-11(2,3)20-10(18)17-4-5-19-9(6-17)12(8-16)7-13(12,14)15/h9H,4-8,16H2,1-3H3. The fourth-order valence-electron chi connectivity index (χ4n) is 2.53. The first-order valence-corrected chi connectivity index (χ1v) is 6.79. The van der Waals surface area contributed by atoms with E-state index in [9.17, 15) is 13.6 Å². The minimum absolute atomic E-state index is 0.0989. The number of amides is 1. The van der Waals surface area contributed by atoms with Gasteiger partial charge in [-0.05, 0) is 20.8 Å². The third-order valence-electron chi connectivity index (χ3n) is 3.84. The zero-order chi connectivity index (χ0) is 15.2. The van der Waals surface area contributed by atoms with Crippen molar-refractivity contribution in [2.45, 2.75) is 44.8 Å². The van der Waals surface area contributed by atoms with Crippen molar-refractivity contribution in [1.82, 2.24) is 4.90 Å². The lowest BCUT2D eigenvalue weighted by Gasteiger charge is -2.37. The van der Waals surface area contributed by atoms with Crippen LogP contribution in [0.15, 0.2) is 0 Å². The van der Waals surface area contributed by atoms with E-state index in [1.165, 1.54) is 4.90 Å². The molecule has 0 bridgehead atoms. The van der Waals surface area contributed by atoms with Crippen LogP contribution >= 0.6 is 0 Å². The molecular formula is C13H22F2N2O3. The summed E-state index contributed by atoms with van der Waals surface area (Å²) in [6, 6.07) is 0. The van der Waals surface area contributed by atoms with Gasteiger partial charge < -0.3 is 20.1 Å². The van der Waals surface area contributed by atoms with Gasteiger partial charge in [-0.3, -0.25) is 0 Å². The molecule has 2 unspecified atom stereocenters. The monoisotopic (exact) mass is 292 g/mol. The third-order valence-corrected chi connectivity index (χ3v) is 3.84. The number of carbonyl (C=O) groups excluding carboxylic acids is 1. The lowest BCUT2D eigenvalue weighted by Crippen LogP contribution is -2.52. The van der Waals surface area contributed by atoms with Crippen LogP contribution in [0.1, 0.15) is 27.2 Å². The van der Waals surface area contributed by atoms with Crippen LogP contribution in [-0.4, -0.2) is 54.9 Å². The average molecular weight is 292 g/mol. The van der Waals surface area contributed by atoms with E-state index in [2.05, 4.69) is 0 Å². The Bertz CT molecular complexity index is 398. The van der Waals surface area contributed by atoms with E-state index in [-0.39, 0.29) is 26.1 Å². The van der Waals surface area contributed by atoms with Crippen molar-refractivity contribution in [2.75, 3.05) is 26.2 Å². The normalized spacial score (nSPS) is 32.9. The van der Waals surface area contributed by atoms with Crippen LogP contribution in [0.3, 0.4) is 0 Å². The summed E-state index contributed by atoms with van der Waals surface area (Å²) in [5.74, 6) is -2.80. The second kappa shape index (κ2) is 4.80. The summed E-state index contributed by atoms with van der Waals surface area (Å²) >= 11 is 0. The fourth-order valence-corrected chi connectivity index (χ4v) is 2.53. The smallest absolute Gasteiger partial charge is 0.410 e. The van der Waals surface area contributed by atoms with Gasteiger partial charge in [0.2, 0.25) is 0 Å². The fraction of sp³-hybridized carbons (Fsp3) is 0.923. The van der Waals surface area contributed by atoms with Gasteiger partial charge in [-0.25, -0.2) is 13.6 Å². The summed E-state index contributed by atoms with van der Waals surface area (Å²) in [5, 5.41) is 0. The van der Waals surface area contributed by atoms with Crippen molar-refractivity contribution in [2.24, 2.45) is 11.1 Å². The Kier molecular flexibility index (Phi) is 3.71. The van der Waals surface area contributed by atoms with Gasteiger partial charge in [-0.2, -0.15) is 0 Å². The van der Waals surface area contributed by atoms with E-state index >= 15 is 0 Å². The summed E-state index contributed by atoms with van der Waals surface area (Å²) in [7, 11) is 0. The van der Waals surface area contributed by atoms with E-state index in [0.29, 0.717) is 6.54 Å². The number of hydrogen-bond donors (Lipinski definition) is 1. The number of nitrogens with zero attached hydrogens (tertiary/aromatic N) is 1. The number of hydrogen-bond acceptors (Lipinski definition) is 4. The molecule has 0 spiro atoms. The van der Waals surface area contributed by atoms with E-state index in [1.807, 2.05) is 0 Å². The second-order valence-corrected chi connectivity index (χ2v) is 6.53. The maximum absolute atomic E-state index is 13.5. The Morgan fingerprint density at radius 2 is 2.10 bits per heavy atom. The Labute approximate surface area is 117 Å². The highest BCUT2D eigenvalue weighted by atomic mass is 19.3. The molecule has 1 heterocycles. The molecule has 1 aliphatic carbocycles. The topological polar surface area (TPSA) is 64.8 Å². The summed E-state index contributed by atoms with van der Waals surface area (Å²) in [4.78, 5) is 13.4. The van der Waals surface area contributed by atoms with Crippen molar-refractivity contribution in [3.63, 3.8) is 0 Å². The lowest BCUT2D eigenvalue weighted by molar-refractivity contribution is -0.0936. The van der Waals surface area contributed by atoms with Crippen LogP contribution in [0.25, 0.3) is 0 Å². The number of alkyl halides is 2. The van der Waals surface area contributed by atoms with E-state index in [0.717, 1.165) is 0 Å². The number of nitrogens with two attached hydrogens (primary N) is 1. The molecule has 1 saturated heterocycles. The molecule has 2 fully saturated rings. The largest absolute Gasteiger partial charge is 0.444 e. The Balaban J connectivity index is 2.01. The van der Waals surface area contributed by atoms with Gasteiger partial charge in [0.15, 0.2) is 0 Å². The van der Waals surface area contributed by atoms with E-state index in [4.69, 9.17) is 15.2 Å². The van der Waals surface area contributed by atoms with E-state index in [1.54, 1.807) is 20.8 Å². The van der Waals surface area contributed by atoms with Crippen LogP contribution in [0.5, 0.6) is 0 Å². The highest BCUT2D eigenvalue weighted by Gasteiger charge is 2.74. The number of rotatable bonds is 2. The van der Waals surface area contributed by atoms with Gasteiger partial charge in [0.25, 0.3) is 5.92 Å². The molecule has 2 N–H and O–H groups in total. The first kappa shape index (κ1) is 15.4. The predicted molar refractivity (Wildman–Crippen MR) is 68.6 cm³/mol. The highest BCUT2D eigenvalue weighted by Crippen LogP contribution is 2.62. The number of carbonyl (C=O) groups is 1. The number of morpholine rings is 1. The molecule has 2 aliphatic rings. The SMILES string of the molecule is CC(C)(C)OC(=O)N1CCOC(C2(CN)CC2(F)F)C1. The first-order chi connectivity index (χ1) is 9.11. The minimum Gasteiger partial charge on any atom is -0.444 e. The molecule has 5 nitrogen and oxygen atoms in total. The predicted octanol–water partition coefficient (Wildman–Crippen LogP) is 1.61. The Morgan fingerprint density at radius 3 is 2.55 bits per heavy atom. The molecule has 1 saturated carbocycles. The van der Waals surface area contributed by atoms with E-state index < -0.39 is 29.1 Å². The average Bonchev–Trinajstić information content (AvgIpc) is 2.91. The number of halogens is 2. The van der Waals surface area contributed by atoms with Gasteiger partial charge in [-0.15, -0.1) is 0 Å². The van der Waals surface area contributed by atoms with Crippen molar-refractivity contribution >= 4 is 6.09 Å². The molecule has 1 aliphatic heterocycles. The molecule has 0 radical (unpaired) electrons. The van der Waals surface area contributed by atoms with Gasteiger partial charge in [0.1, 0.15) is 5.60 Å². The molecule has 2 rings (SSSR count). The maximum atomic E-state index is 13.5. The number of ether oxygens (including phenoxy) is 2.